The van der Waals surface area contributed by atoms with E-state index >= 15 is 0 Å². The van der Waals surface area contributed by atoms with Gasteiger partial charge < -0.3 is 9.15 Å². The third kappa shape index (κ3) is 4.35. The molecular weight excluding hydrogens is 362 g/mol. The van der Waals surface area contributed by atoms with Crippen molar-refractivity contribution in [1.82, 2.24) is 9.78 Å². The molecule has 2 heterocycles. The molecule has 3 rings (SSSR count). The molecule has 0 saturated heterocycles. The first-order valence-electron chi connectivity index (χ1n) is 8.69. The first-order valence-corrected chi connectivity index (χ1v) is 8.69. The zero-order chi connectivity index (χ0) is 20.1. The monoisotopic (exact) mass is 381 g/mol. The van der Waals surface area contributed by atoms with Crippen LogP contribution in [0, 0.1) is 17.0 Å². The van der Waals surface area contributed by atoms with Crippen LogP contribution in [0.2, 0.25) is 0 Å². The van der Waals surface area contributed by atoms with Crippen LogP contribution in [0.4, 0.5) is 5.69 Å². The summed E-state index contributed by atoms with van der Waals surface area (Å²) in [5.74, 6) is 0.973. The van der Waals surface area contributed by atoms with Gasteiger partial charge in [0.05, 0.1) is 16.2 Å². The van der Waals surface area contributed by atoms with Gasteiger partial charge in [-0.25, -0.2) is 0 Å². The maximum atomic E-state index is 12.3. The minimum absolute atomic E-state index is 0.0367. The molecule has 1 aromatic carbocycles. The summed E-state index contributed by atoms with van der Waals surface area (Å²) in [5.41, 5.74) is 1.11. The number of benzene rings is 1. The van der Waals surface area contributed by atoms with Crippen LogP contribution in [-0.4, -0.2) is 20.5 Å². The van der Waals surface area contributed by atoms with Gasteiger partial charge in [-0.15, -0.1) is 0 Å². The van der Waals surface area contributed by atoms with Crippen molar-refractivity contribution < 1.29 is 18.9 Å². The van der Waals surface area contributed by atoms with E-state index in [1.807, 2.05) is 6.92 Å². The Morgan fingerprint density at radius 3 is 2.82 bits per heavy atom. The minimum atomic E-state index is -0.500. The molecule has 0 amide bonds. The van der Waals surface area contributed by atoms with Crippen molar-refractivity contribution in [2.24, 2.45) is 0 Å². The van der Waals surface area contributed by atoms with Crippen molar-refractivity contribution in [3.8, 4) is 5.75 Å². The predicted molar refractivity (Wildman–Crippen MR) is 102 cm³/mol. The van der Waals surface area contributed by atoms with E-state index in [1.54, 1.807) is 48.1 Å². The fraction of sp³-hybridized carbons (Fsp3) is 0.200. The average molecular weight is 381 g/mol. The smallest absolute Gasteiger partial charge is 0.310 e. The number of carbonyl (C=O) groups excluding carboxylic acids is 1. The molecular formula is C20H19N3O5. The fourth-order valence-corrected chi connectivity index (χ4v) is 2.61. The summed E-state index contributed by atoms with van der Waals surface area (Å²) in [4.78, 5) is 22.8. The number of hydrogen-bond donors (Lipinski definition) is 0. The average Bonchev–Trinajstić information content (AvgIpc) is 3.30. The molecule has 0 aliphatic heterocycles. The van der Waals surface area contributed by atoms with E-state index < -0.39 is 4.92 Å². The van der Waals surface area contributed by atoms with Gasteiger partial charge >= 0.3 is 5.69 Å². The fourth-order valence-electron chi connectivity index (χ4n) is 2.61. The van der Waals surface area contributed by atoms with Gasteiger partial charge in [0.1, 0.15) is 18.1 Å². The number of nitro benzene ring substituents is 1. The molecule has 0 aliphatic carbocycles. The zero-order valence-electron chi connectivity index (χ0n) is 15.5. The number of aryl methyl sites for hydroxylation is 2. The third-order valence-corrected chi connectivity index (χ3v) is 4.05. The number of allylic oxidation sites excluding steroid dienone is 1. The second-order valence-corrected chi connectivity index (χ2v) is 6.00. The highest BCUT2D eigenvalue weighted by Gasteiger charge is 2.14. The lowest BCUT2D eigenvalue weighted by Gasteiger charge is -2.04. The van der Waals surface area contributed by atoms with Crippen LogP contribution in [0.3, 0.4) is 0 Å². The molecule has 144 valence electrons. The Kier molecular flexibility index (Phi) is 5.69. The highest BCUT2D eigenvalue weighted by molar-refractivity contribution is 6.07. The second kappa shape index (κ2) is 8.34. The van der Waals surface area contributed by atoms with Gasteiger partial charge in [0.15, 0.2) is 11.5 Å². The van der Waals surface area contributed by atoms with Crippen molar-refractivity contribution >= 4 is 17.5 Å². The molecule has 0 unspecified atom stereocenters. The number of rotatable bonds is 8. The predicted octanol–water partition coefficient (Wildman–Crippen LogP) is 4.19. The molecule has 0 atom stereocenters. The molecule has 3 aromatic rings. The number of furan rings is 1. The molecule has 2 aromatic heterocycles. The first kappa shape index (κ1) is 19.1. The summed E-state index contributed by atoms with van der Waals surface area (Å²) in [6.07, 6.45) is 4.71. The first-order chi connectivity index (χ1) is 13.5. The lowest BCUT2D eigenvalue weighted by Crippen LogP contribution is -1.98. The molecule has 0 fully saturated rings. The van der Waals surface area contributed by atoms with Crippen LogP contribution in [-0.2, 0) is 13.2 Å². The summed E-state index contributed by atoms with van der Waals surface area (Å²) in [7, 11) is 0. The standard InChI is InChI=1S/C20H19N3O5/c1-3-22-12-17(14(2)21-22)19(24)11-10-15-8-9-16(28-15)13-27-20-7-5-4-6-18(20)23(25)26/h4-12H,3,13H2,1-2H3/b11-10+. The van der Waals surface area contributed by atoms with Gasteiger partial charge in [-0.1, -0.05) is 12.1 Å². The van der Waals surface area contributed by atoms with Gasteiger partial charge in [-0.05, 0) is 44.2 Å². The molecule has 0 aliphatic rings. The Labute approximate surface area is 161 Å². The molecule has 0 bridgehead atoms. The lowest BCUT2D eigenvalue weighted by atomic mass is 10.1. The topological polar surface area (TPSA) is 100 Å². The highest BCUT2D eigenvalue weighted by Crippen LogP contribution is 2.27. The van der Waals surface area contributed by atoms with Crippen LogP contribution < -0.4 is 4.74 Å². The van der Waals surface area contributed by atoms with Crippen molar-refractivity contribution in [3.63, 3.8) is 0 Å². The Hall–Kier alpha value is -3.68. The molecule has 0 N–H and O–H groups in total. The minimum Gasteiger partial charge on any atom is -0.479 e. The lowest BCUT2D eigenvalue weighted by molar-refractivity contribution is -0.386. The van der Waals surface area contributed by atoms with E-state index in [4.69, 9.17) is 9.15 Å². The van der Waals surface area contributed by atoms with Crippen LogP contribution >= 0.6 is 0 Å². The number of ether oxygens (including phenoxy) is 1. The molecule has 0 saturated carbocycles. The summed E-state index contributed by atoms with van der Waals surface area (Å²) in [5, 5.41) is 15.3. The van der Waals surface area contributed by atoms with Crippen LogP contribution in [0.15, 0.2) is 53.1 Å². The van der Waals surface area contributed by atoms with Gasteiger partial charge in [0.25, 0.3) is 0 Å². The van der Waals surface area contributed by atoms with E-state index in [1.165, 1.54) is 18.2 Å². The summed E-state index contributed by atoms with van der Waals surface area (Å²) in [6, 6.07) is 9.53. The normalized spacial score (nSPS) is 11.1. The van der Waals surface area contributed by atoms with E-state index in [0.29, 0.717) is 29.3 Å². The van der Waals surface area contributed by atoms with E-state index in [2.05, 4.69) is 5.10 Å². The van der Waals surface area contributed by atoms with E-state index in [9.17, 15) is 14.9 Å². The van der Waals surface area contributed by atoms with Gasteiger partial charge in [0.2, 0.25) is 0 Å². The van der Waals surface area contributed by atoms with E-state index in [0.717, 1.165) is 0 Å². The van der Waals surface area contributed by atoms with E-state index in [-0.39, 0.29) is 23.8 Å². The number of ketones is 1. The second-order valence-electron chi connectivity index (χ2n) is 6.00. The largest absolute Gasteiger partial charge is 0.479 e. The number of para-hydroxylation sites is 2. The van der Waals surface area contributed by atoms with Gasteiger partial charge in [-0.2, -0.15) is 5.10 Å². The Morgan fingerprint density at radius 2 is 2.11 bits per heavy atom. The van der Waals surface area contributed by atoms with Crippen LogP contribution in [0.25, 0.3) is 6.08 Å². The SMILES string of the molecule is CCn1cc(C(=O)/C=C/c2ccc(COc3ccccc3[N+](=O)[O-])o2)c(C)n1. The number of nitro groups is 1. The zero-order valence-corrected chi connectivity index (χ0v) is 15.5. The Morgan fingerprint density at radius 1 is 1.32 bits per heavy atom. The summed E-state index contributed by atoms with van der Waals surface area (Å²) in [6.45, 7) is 4.47. The summed E-state index contributed by atoms with van der Waals surface area (Å²) >= 11 is 0. The Bertz CT molecular complexity index is 1030. The van der Waals surface area contributed by atoms with Gasteiger partial charge in [0, 0.05) is 18.8 Å². The van der Waals surface area contributed by atoms with Crippen molar-refractivity contribution in [3.05, 3.63) is 81.6 Å². The number of aromatic nitrogens is 2. The number of nitrogens with zero attached hydrogens (tertiary/aromatic N) is 3. The molecule has 8 heteroatoms. The Balaban J connectivity index is 1.64. The summed E-state index contributed by atoms with van der Waals surface area (Å²) < 4.78 is 12.8. The molecule has 8 nitrogen and oxygen atoms in total. The number of hydrogen-bond acceptors (Lipinski definition) is 6. The van der Waals surface area contributed by atoms with Crippen LogP contribution in [0.5, 0.6) is 5.75 Å². The van der Waals surface area contributed by atoms with Gasteiger partial charge in [-0.3, -0.25) is 19.6 Å². The third-order valence-electron chi connectivity index (χ3n) is 4.05. The quantitative estimate of drug-likeness (QED) is 0.251. The maximum Gasteiger partial charge on any atom is 0.310 e. The number of carbonyl (C=O) groups is 1. The van der Waals surface area contributed by atoms with Crippen molar-refractivity contribution in [2.45, 2.75) is 27.0 Å². The molecule has 0 radical (unpaired) electrons. The maximum absolute atomic E-state index is 12.3. The molecule has 0 spiro atoms. The highest BCUT2D eigenvalue weighted by atomic mass is 16.6. The van der Waals surface area contributed by atoms with Crippen molar-refractivity contribution in [1.29, 1.82) is 0 Å². The van der Waals surface area contributed by atoms with Crippen molar-refractivity contribution in [2.75, 3.05) is 0 Å². The molecule has 28 heavy (non-hydrogen) atoms. The van der Waals surface area contributed by atoms with Crippen LogP contribution in [0.1, 0.15) is 34.5 Å².